The largest absolute Gasteiger partial charge is 0.497 e. The van der Waals surface area contributed by atoms with Crippen molar-refractivity contribution < 1.29 is 14.3 Å². The van der Waals surface area contributed by atoms with Crippen LogP contribution in [0.2, 0.25) is 0 Å². The van der Waals surface area contributed by atoms with Gasteiger partial charge in [0.15, 0.2) is 0 Å². The molecule has 1 aliphatic heterocycles. The van der Waals surface area contributed by atoms with Crippen molar-refractivity contribution in [3.8, 4) is 11.5 Å². The molecule has 1 saturated heterocycles. The van der Waals surface area contributed by atoms with E-state index in [1.807, 2.05) is 18.2 Å². The molecule has 1 fully saturated rings. The Morgan fingerprint density at radius 3 is 2.90 bits per heavy atom. The Bertz CT molecular complexity index is 469. The Balaban J connectivity index is 1.96. The fourth-order valence-electron chi connectivity index (χ4n) is 2.58. The minimum atomic E-state index is -0.0795. The molecule has 21 heavy (non-hydrogen) atoms. The summed E-state index contributed by atoms with van der Waals surface area (Å²) in [4.78, 5) is 12.2. The number of carbonyl (C=O) groups excluding carboxylic acids is 1. The Morgan fingerprint density at radius 1 is 1.29 bits per heavy atom. The Labute approximate surface area is 126 Å². The number of carbonyl (C=O) groups is 1. The third-order valence-corrected chi connectivity index (χ3v) is 3.82. The number of benzene rings is 1. The standard InChI is InChI=1S/C16H24N2O3/c1-20-13-7-8-15(21-2)12(10-13)11-18-16(19)14-6-4-3-5-9-17-14/h7-8,10,14,17H,3-6,9,11H2,1-2H3,(H,18,19). The van der Waals surface area contributed by atoms with E-state index in [1.54, 1.807) is 14.2 Å². The zero-order valence-corrected chi connectivity index (χ0v) is 12.8. The number of methoxy groups -OCH3 is 2. The summed E-state index contributed by atoms with van der Waals surface area (Å²) in [6.45, 7) is 1.36. The van der Waals surface area contributed by atoms with E-state index in [9.17, 15) is 4.79 Å². The molecule has 0 aliphatic carbocycles. The van der Waals surface area contributed by atoms with Gasteiger partial charge < -0.3 is 20.1 Å². The number of rotatable bonds is 5. The summed E-state index contributed by atoms with van der Waals surface area (Å²) in [7, 11) is 3.25. The first-order valence-electron chi connectivity index (χ1n) is 7.46. The topological polar surface area (TPSA) is 59.6 Å². The summed E-state index contributed by atoms with van der Waals surface area (Å²) in [5.74, 6) is 1.57. The van der Waals surface area contributed by atoms with Crippen molar-refractivity contribution in [3.63, 3.8) is 0 Å². The molecule has 1 heterocycles. The monoisotopic (exact) mass is 292 g/mol. The minimum Gasteiger partial charge on any atom is -0.497 e. The van der Waals surface area contributed by atoms with Gasteiger partial charge in [-0.05, 0) is 37.6 Å². The zero-order valence-electron chi connectivity index (χ0n) is 12.8. The summed E-state index contributed by atoms with van der Waals surface area (Å²) >= 11 is 0. The van der Waals surface area contributed by atoms with E-state index in [2.05, 4.69) is 10.6 Å². The molecule has 1 aliphatic rings. The van der Waals surface area contributed by atoms with E-state index >= 15 is 0 Å². The quantitative estimate of drug-likeness (QED) is 0.869. The molecule has 0 radical (unpaired) electrons. The fraction of sp³-hybridized carbons (Fsp3) is 0.562. The molecular formula is C16H24N2O3. The van der Waals surface area contributed by atoms with Crippen LogP contribution in [-0.4, -0.2) is 32.7 Å². The van der Waals surface area contributed by atoms with Crippen LogP contribution in [0.3, 0.4) is 0 Å². The van der Waals surface area contributed by atoms with Crippen LogP contribution in [0, 0.1) is 0 Å². The van der Waals surface area contributed by atoms with E-state index < -0.39 is 0 Å². The van der Waals surface area contributed by atoms with Gasteiger partial charge in [0.05, 0.1) is 20.3 Å². The highest BCUT2D eigenvalue weighted by molar-refractivity contribution is 5.81. The number of nitrogens with one attached hydrogen (secondary N) is 2. The average molecular weight is 292 g/mol. The van der Waals surface area contributed by atoms with Crippen LogP contribution in [-0.2, 0) is 11.3 Å². The number of amides is 1. The van der Waals surface area contributed by atoms with Crippen LogP contribution >= 0.6 is 0 Å². The van der Waals surface area contributed by atoms with Gasteiger partial charge in [-0.1, -0.05) is 12.8 Å². The van der Waals surface area contributed by atoms with Gasteiger partial charge in [-0.3, -0.25) is 4.79 Å². The third-order valence-electron chi connectivity index (χ3n) is 3.82. The molecule has 1 atom stereocenters. The maximum atomic E-state index is 12.2. The van der Waals surface area contributed by atoms with Crippen molar-refractivity contribution in [1.82, 2.24) is 10.6 Å². The van der Waals surface area contributed by atoms with Gasteiger partial charge >= 0.3 is 0 Å². The van der Waals surface area contributed by atoms with E-state index in [1.165, 1.54) is 6.42 Å². The predicted octanol–water partition coefficient (Wildman–Crippen LogP) is 1.85. The molecule has 1 unspecified atom stereocenters. The number of hydrogen-bond acceptors (Lipinski definition) is 4. The lowest BCUT2D eigenvalue weighted by Crippen LogP contribution is -2.43. The third kappa shape index (κ3) is 4.36. The Morgan fingerprint density at radius 2 is 2.14 bits per heavy atom. The molecule has 0 aromatic heterocycles. The first kappa shape index (κ1) is 15.6. The van der Waals surface area contributed by atoms with Crippen molar-refractivity contribution in [2.45, 2.75) is 38.3 Å². The zero-order chi connectivity index (χ0) is 15.1. The van der Waals surface area contributed by atoms with Crippen LogP contribution < -0.4 is 20.1 Å². The molecule has 2 N–H and O–H groups in total. The van der Waals surface area contributed by atoms with Crippen molar-refractivity contribution in [3.05, 3.63) is 23.8 Å². The average Bonchev–Trinajstić information content (AvgIpc) is 2.81. The molecule has 0 bridgehead atoms. The molecule has 1 aromatic carbocycles. The van der Waals surface area contributed by atoms with Crippen molar-refractivity contribution in [2.75, 3.05) is 20.8 Å². The van der Waals surface area contributed by atoms with Gasteiger partial charge in [0, 0.05) is 12.1 Å². The maximum Gasteiger partial charge on any atom is 0.237 e. The van der Waals surface area contributed by atoms with Gasteiger partial charge in [0.25, 0.3) is 0 Å². The maximum absolute atomic E-state index is 12.2. The van der Waals surface area contributed by atoms with Crippen LogP contribution in [0.1, 0.15) is 31.2 Å². The van der Waals surface area contributed by atoms with Crippen LogP contribution in [0.15, 0.2) is 18.2 Å². The molecule has 5 nitrogen and oxygen atoms in total. The molecule has 1 aromatic rings. The normalized spacial score (nSPS) is 18.7. The second-order valence-electron chi connectivity index (χ2n) is 5.25. The van der Waals surface area contributed by atoms with Crippen LogP contribution in [0.4, 0.5) is 0 Å². The van der Waals surface area contributed by atoms with Crippen molar-refractivity contribution in [1.29, 1.82) is 0 Å². The van der Waals surface area contributed by atoms with Gasteiger partial charge in [0.1, 0.15) is 11.5 Å². The highest BCUT2D eigenvalue weighted by Gasteiger charge is 2.19. The molecule has 116 valence electrons. The fourth-order valence-corrected chi connectivity index (χ4v) is 2.58. The first-order chi connectivity index (χ1) is 10.2. The van der Waals surface area contributed by atoms with Crippen molar-refractivity contribution in [2.24, 2.45) is 0 Å². The lowest BCUT2D eigenvalue weighted by molar-refractivity contribution is -0.123. The summed E-state index contributed by atoms with van der Waals surface area (Å²) in [5, 5.41) is 6.29. The highest BCUT2D eigenvalue weighted by Crippen LogP contribution is 2.23. The smallest absolute Gasteiger partial charge is 0.237 e. The van der Waals surface area contributed by atoms with Crippen molar-refractivity contribution >= 4 is 5.91 Å². The van der Waals surface area contributed by atoms with Crippen LogP contribution in [0.25, 0.3) is 0 Å². The predicted molar refractivity (Wildman–Crippen MR) is 81.7 cm³/mol. The summed E-state index contributed by atoms with van der Waals surface area (Å²) in [5.41, 5.74) is 0.916. The van der Waals surface area contributed by atoms with E-state index in [0.29, 0.717) is 6.54 Å². The number of hydrogen-bond donors (Lipinski definition) is 2. The number of ether oxygens (including phenoxy) is 2. The minimum absolute atomic E-state index is 0.0572. The first-order valence-corrected chi connectivity index (χ1v) is 7.46. The molecule has 0 saturated carbocycles. The van der Waals surface area contributed by atoms with E-state index in [0.717, 1.165) is 42.9 Å². The summed E-state index contributed by atoms with van der Waals surface area (Å²) in [6.07, 6.45) is 4.35. The van der Waals surface area contributed by atoms with Gasteiger partial charge in [-0.2, -0.15) is 0 Å². The van der Waals surface area contributed by atoms with E-state index in [-0.39, 0.29) is 11.9 Å². The molecule has 1 amide bonds. The Kier molecular flexibility index (Phi) is 5.87. The lowest BCUT2D eigenvalue weighted by atomic mass is 10.1. The summed E-state index contributed by atoms with van der Waals surface area (Å²) in [6, 6.07) is 5.50. The van der Waals surface area contributed by atoms with Gasteiger partial charge in [0.2, 0.25) is 5.91 Å². The molecule has 2 rings (SSSR count). The highest BCUT2D eigenvalue weighted by atomic mass is 16.5. The Hall–Kier alpha value is -1.75. The molecule has 5 heteroatoms. The summed E-state index contributed by atoms with van der Waals surface area (Å²) < 4.78 is 10.5. The molecular weight excluding hydrogens is 268 g/mol. The van der Waals surface area contributed by atoms with Gasteiger partial charge in [-0.25, -0.2) is 0 Å². The molecule has 0 spiro atoms. The SMILES string of the molecule is COc1ccc(OC)c(CNC(=O)C2CCCCCN2)c1. The van der Waals surface area contributed by atoms with Crippen LogP contribution in [0.5, 0.6) is 11.5 Å². The van der Waals surface area contributed by atoms with E-state index in [4.69, 9.17) is 9.47 Å². The van der Waals surface area contributed by atoms with Gasteiger partial charge in [-0.15, -0.1) is 0 Å². The second-order valence-corrected chi connectivity index (χ2v) is 5.25. The second kappa shape index (κ2) is 7.88. The lowest BCUT2D eigenvalue weighted by Gasteiger charge is -2.16.